The molecule has 4 rings (SSSR count). The Labute approximate surface area is 165 Å². The van der Waals surface area contributed by atoms with Gasteiger partial charge in [-0.3, -0.25) is 15.6 Å². The molecule has 2 heterocycles. The average Bonchev–Trinajstić information content (AvgIpc) is 3.28. The maximum Gasteiger partial charge on any atom is 0.271 e. The van der Waals surface area contributed by atoms with Crippen molar-refractivity contribution in [2.75, 3.05) is 5.43 Å². The molecule has 0 aliphatic rings. The molecular weight excluding hydrogens is 372 g/mol. The standard InChI is InChI=1S/C20H16N6O3/c27-19(24-26-20-22-13-23-25-20)14-6-11-18(21-12-14)29-17-9-7-16(8-10-17)28-15-4-2-1-3-5-15/h1-13H,(H,24,27)(H2,22,23,25,26). The van der Waals surface area contributed by atoms with Crippen molar-refractivity contribution in [2.24, 2.45) is 0 Å². The van der Waals surface area contributed by atoms with E-state index in [1.54, 1.807) is 36.4 Å². The highest BCUT2D eigenvalue weighted by Crippen LogP contribution is 2.25. The van der Waals surface area contributed by atoms with Gasteiger partial charge >= 0.3 is 0 Å². The number of amides is 1. The molecule has 4 aromatic rings. The van der Waals surface area contributed by atoms with Crippen LogP contribution in [0.3, 0.4) is 0 Å². The molecule has 0 unspecified atom stereocenters. The van der Waals surface area contributed by atoms with Crippen LogP contribution in [0, 0.1) is 0 Å². The number of hydrogen-bond acceptors (Lipinski definition) is 7. The molecule has 0 radical (unpaired) electrons. The van der Waals surface area contributed by atoms with E-state index in [1.807, 2.05) is 30.3 Å². The van der Waals surface area contributed by atoms with Gasteiger partial charge in [-0.05, 0) is 42.5 Å². The SMILES string of the molecule is O=C(NNc1ncn[nH]1)c1ccc(Oc2ccc(Oc3ccccc3)cc2)nc1. The number of carbonyl (C=O) groups excluding carboxylic acids is 1. The second kappa shape index (κ2) is 8.53. The maximum atomic E-state index is 12.1. The number of nitrogens with zero attached hydrogens (tertiary/aromatic N) is 3. The van der Waals surface area contributed by atoms with Crippen LogP contribution in [0.15, 0.2) is 79.3 Å². The summed E-state index contributed by atoms with van der Waals surface area (Å²) < 4.78 is 11.4. The Morgan fingerprint density at radius 2 is 1.55 bits per heavy atom. The Bertz CT molecular complexity index is 1050. The van der Waals surface area contributed by atoms with Gasteiger partial charge in [0.1, 0.15) is 23.6 Å². The van der Waals surface area contributed by atoms with E-state index >= 15 is 0 Å². The van der Waals surface area contributed by atoms with Crippen molar-refractivity contribution in [3.8, 4) is 23.1 Å². The zero-order valence-corrected chi connectivity index (χ0v) is 15.1. The molecule has 0 saturated carbocycles. The van der Waals surface area contributed by atoms with E-state index < -0.39 is 0 Å². The van der Waals surface area contributed by atoms with Gasteiger partial charge in [0.15, 0.2) is 0 Å². The van der Waals surface area contributed by atoms with Gasteiger partial charge in [-0.2, -0.15) is 10.1 Å². The predicted octanol–water partition coefficient (Wildman–Crippen LogP) is 3.54. The van der Waals surface area contributed by atoms with Crippen molar-refractivity contribution in [1.82, 2.24) is 25.6 Å². The minimum absolute atomic E-state index is 0.325. The molecule has 0 bridgehead atoms. The second-order valence-corrected chi connectivity index (χ2v) is 5.79. The number of hydrogen-bond donors (Lipinski definition) is 3. The summed E-state index contributed by atoms with van der Waals surface area (Å²) in [5, 5.41) is 6.23. The van der Waals surface area contributed by atoms with Crippen LogP contribution in [0.5, 0.6) is 23.1 Å². The smallest absolute Gasteiger partial charge is 0.271 e. The minimum Gasteiger partial charge on any atom is -0.457 e. The molecule has 0 saturated heterocycles. The molecule has 3 N–H and O–H groups in total. The molecule has 9 nitrogen and oxygen atoms in total. The highest BCUT2D eigenvalue weighted by atomic mass is 16.5. The number of rotatable bonds is 7. The number of nitrogens with one attached hydrogen (secondary N) is 3. The molecule has 0 atom stereocenters. The third kappa shape index (κ3) is 4.86. The summed E-state index contributed by atoms with van der Waals surface area (Å²) in [5.74, 6) is 2.37. The third-order valence-electron chi connectivity index (χ3n) is 3.73. The Morgan fingerprint density at radius 3 is 2.21 bits per heavy atom. The van der Waals surface area contributed by atoms with Crippen LogP contribution in [0.4, 0.5) is 5.95 Å². The molecule has 0 fully saturated rings. The first-order chi connectivity index (χ1) is 14.3. The number of carbonyl (C=O) groups is 1. The predicted molar refractivity (Wildman–Crippen MR) is 105 cm³/mol. The van der Waals surface area contributed by atoms with Gasteiger partial charge in [-0.1, -0.05) is 18.2 Å². The molecule has 9 heteroatoms. The first-order valence-corrected chi connectivity index (χ1v) is 8.65. The fraction of sp³-hybridized carbons (Fsp3) is 0. The first kappa shape index (κ1) is 18.0. The van der Waals surface area contributed by atoms with Gasteiger partial charge < -0.3 is 9.47 Å². The second-order valence-electron chi connectivity index (χ2n) is 5.79. The molecule has 0 spiro atoms. The molecular formula is C20H16N6O3. The van der Waals surface area contributed by atoms with Gasteiger partial charge in [-0.15, -0.1) is 0 Å². The number of aromatic nitrogens is 4. The summed E-state index contributed by atoms with van der Waals surface area (Å²) in [5.41, 5.74) is 5.44. The molecule has 1 amide bonds. The summed E-state index contributed by atoms with van der Waals surface area (Å²) in [6, 6.07) is 19.9. The summed E-state index contributed by atoms with van der Waals surface area (Å²) in [6.07, 6.45) is 2.74. The van der Waals surface area contributed by atoms with Crippen molar-refractivity contribution >= 4 is 11.9 Å². The van der Waals surface area contributed by atoms with Crippen molar-refractivity contribution in [3.63, 3.8) is 0 Å². The molecule has 29 heavy (non-hydrogen) atoms. The van der Waals surface area contributed by atoms with Gasteiger partial charge in [0, 0.05) is 12.3 Å². The molecule has 0 aliphatic heterocycles. The molecule has 2 aromatic heterocycles. The number of anilines is 1. The number of hydrazine groups is 1. The monoisotopic (exact) mass is 388 g/mol. The highest BCUT2D eigenvalue weighted by molar-refractivity contribution is 5.94. The molecule has 2 aromatic carbocycles. The lowest BCUT2D eigenvalue weighted by molar-refractivity contribution is 0.0962. The lowest BCUT2D eigenvalue weighted by atomic mass is 10.3. The Hall–Kier alpha value is -4.40. The van der Waals surface area contributed by atoms with E-state index in [-0.39, 0.29) is 5.91 Å². The first-order valence-electron chi connectivity index (χ1n) is 8.65. The fourth-order valence-electron chi connectivity index (χ4n) is 2.35. The largest absolute Gasteiger partial charge is 0.457 e. The number of aromatic amines is 1. The van der Waals surface area contributed by atoms with Crippen LogP contribution in [0.2, 0.25) is 0 Å². The van der Waals surface area contributed by atoms with E-state index in [0.717, 1.165) is 5.75 Å². The minimum atomic E-state index is -0.372. The summed E-state index contributed by atoms with van der Waals surface area (Å²) in [6.45, 7) is 0. The average molecular weight is 388 g/mol. The van der Waals surface area contributed by atoms with Crippen molar-refractivity contribution in [1.29, 1.82) is 0 Å². The van der Waals surface area contributed by atoms with Gasteiger partial charge in [-0.25, -0.2) is 10.1 Å². The number of para-hydroxylation sites is 1. The lowest BCUT2D eigenvalue weighted by Gasteiger charge is -2.08. The lowest BCUT2D eigenvalue weighted by Crippen LogP contribution is -2.29. The van der Waals surface area contributed by atoms with E-state index in [2.05, 4.69) is 31.0 Å². The van der Waals surface area contributed by atoms with Crippen LogP contribution in [0.25, 0.3) is 0 Å². The highest BCUT2D eigenvalue weighted by Gasteiger charge is 2.07. The van der Waals surface area contributed by atoms with E-state index in [0.29, 0.717) is 28.9 Å². The zero-order valence-electron chi connectivity index (χ0n) is 15.1. The van der Waals surface area contributed by atoms with Gasteiger partial charge in [0.05, 0.1) is 5.56 Å². The van der Waals surface area contributed by atoms with Crippen LogP contribution < -0.4 is 20.3 Å². The van der Waals surface area contributed by atoms with Crippen molar-refractivity contribution in [2.45, 2.75) is 0 Å². The molecule has 144 valence electrons. The molecule has 0 aliphatic carbocycles. The number of pyridine rings is 1. The van der Waals surface area contributed by atoms with Crippen molar-refractivity contribution in [3.05, 3.63) is 84.8 Å². The third-order valence-corrected chi connectivity index (χ3v) is 3.73. The van der Waals surface area contributed by atoms with Crippen LogP contribution in [-0.4, -0.2) is 26.1 Å². The Kier molecular flexibility index (Phi) is 5.29. The van der Waals surface area contributed by atoms with Gasteiger partial charge in [0.2, 0.25) is 11.8 Å². The van der Waals surface area contributed by atoms with Crippen LogP contribution >= 0.6 is 0 Å². The number of ether oxygens (including phenoxy) is 2. The van der Waals surface area contributed by atoms with Crippen molar-refractivity contribution < 1.29 is 14.3 Å². The van der Waals surface area contributed by atoms with Gasteiger partial charge in [0.25, 0.3) is 5.91 Å². The number of H-pyrrole nitrogens is 1. The van der Waals surface area contributed by atoms with Crippen LogP contribution in [0.1, 0.15) is 10.4 Å². The summed E-state index contributed by atoms with van der Waals surface area (Å²) >= 11 is 0. The van der Waals surface area contributed by atoms with E-state index in [9.17, 15) is 4.79 Å². The van der Waals surface area contributed by atoms with E-state index in [4.69, 9.17) is 9.47 Å². The quantitative estimate of drug-likeness (QED) is 0.415. The maximum absolute atomic E-state index is 12.1. The van der Waals surface area contributed by atoms with Crippen LogP contribution in [-0.2, 0) is 0 Å². The summed E-state index contributed by atoms with van der Waals surface area (Å²) in [7, 11) is 0. The zero-order chi connectivity index (χ0) is 19.9. The topological polar surface area (TPSA) is 114 Å². The van der Waals surface area contributed by atoms with E-state index in [1.165, 1.54) is 12.5 Å². The Morgan fingerprint density at radius 1 is 0.828 bits per heavy atom. The number of benzene rings is 2. The summed E-state index contributed by atoms with van der Waals surface area (Å²) in [4.78, 5) is 20.1. The normalized spacial score (nSPS) is 10.2. The Balaban J connectivity index is 1.33. The fourth-order valence-corrected chi connectivity index (χ4v) is 2.35.